The highest BCUT2D eigenvalue weighted by atomic mass is 16.5. The van der Waals surface area contributed by atoms with Crippen molar-refractivity contribution in [3.05, 3.63) is 17.0 Å². The predicted octanol–water partition coefficient (Wildman–Crippen LogP) is 1.49. The first-order chi connectivity index (χ1) is 11.1. The molecule has 1 aromatic rings. The van der Waals surface area contributed by atoms with E-state index in [1.165, 1.54) is 5.56 Å². The number of carbonyl (C=O) groups is 1. The number of ether oxygens (including phenoxy) is 1. The van der Waals surface area contributed by atoms with Crippen LogP contribution in [0, 0.1) is 19.8 Å². The van der Waals surface area contributed by atoms with Gasteiger partial charge in [-0.2, -0.15) is 5.10 Å². The van der Waals surface area contributed by atoms with Crippen molar-refractivity contribution >= 4 is 5.91 Å². The predicted molar refractivity (Wildman–Crippen MR) is 90.3 cm³/mol. The van der Waals surface area contributed by atoms with Gasteiger partial charge in [0, 0.05) is 43.9 Å². The molecular weight excluding hydrogens is 292 g/mol. The lowest BCUT2D eigenvalue weighted by Crippen LogP contribution is -2.42. The van der Waals surface area contributed by atoms with E-state index in [2.05, 4.69) is 24.3 Å². The first-order valence-corrected chi connectivity index (χ1v) is 8.59. The molecule has 0 radical (unpaired) electrons. The van der Waals surface area contributed by atoms with E-state index < -0.39 is 0 Å². The average Bonchev–Trinajstić information content (AvgIpc) is 2.85. The lowest BCUT2D eigenvalue weighted by molar-refractivity contribution is -0.137. The summed E-state index contributed by atoms with van der Waals surface area (Å²) >= 11 is 0. The Morgan fingerprint density at radius 1 is 1.39 bits per heavy atom. The molecule has 1 amide bonds. The fourth-order valence-electron chi connectivity index (χ4n) is 3.26. The Bertz CT molecular complexity index is 521. The van der Waals surface area contributed by atoms with Crippen LogP contribution < -0.4 is 5.32 Å². The van der Waals surface area contributed by atoms with Crippen molar-refractivity contribution < 1.29 is 9.53 Å². The quantitative estimate of drug-likeness (QED) is 0.826. The molecule has 2 rings (SSSR count). The van der Waals surface area contributed by atoms with Crippen LogP contribution in [0.5, 0.6) is 0 Å². The number of nitrogens with one attached hydrogen (secondary N) is 1. The molecule has 0 aromatic carbocycles. The zero-order valence-corrected chi connectivity index (χ0v) is 14.9. The van der Waals surface area contributed by atoms with Gasteiger partial charge in [-0.15, -0.1) is 0 Å². The molecule has 6 heteroatoms. The van der Waals surface area contributed by atoms with Gasteiger partial charge < -0.3 is 15.0 Å². The number of methoxy groups -OCH3 is 1. The highest BCUT2D eigenvalue weighted by Gasteiger charge is 2.27. The molecule has 1 aliphatic heterocycles. The summed E-state index contributed by atoms with van der Waals surface area (Å²) in [6.07, 6.45) is 1.85. The van der Waals surface area contributed by atoms with Gasteiger partial charge in [0.2, 0.25) is 5.91 Å². The highest BCUT2D eigenvalue weighted by molar-refractivity contribution is 5.79. The van der Waals surface area contributed by atoms with Crippen LogP contribution in [0.2, 0.25) is 0 Å². The summed E-state index contributed by atoms with van der Waals surface area (Å²) in [6.45, 7) is 10.7. The molecule has 0 unspecified atom stereocenters. The van der Waals surface area contributed by atoms with Crippen LogP contribution in [0.4, 0.5) is 0 Å². The van der Waals surface area contributed by atoms with Crippen LogP contribution in [0.15, 0.2) is 0 Å². The minimum absolute atomic E-state index is 0.134. The molecule has 0 aliphatic carbocycles. The summed E-state index contributed by atoms with van der Waals surface area (Å²) in [5, 5.41) is 7.89. The number of aromatic nitrogens is 2. The molecule has 6 nitrogen and oxygen atoms in total. The van der Waals surface area contributed by atoms with Crippen molar-refractivity contribution in [3.8, 4) is 0 Å². The van der Waals surface area contributed by atoms with Gasteiger partial charge in [-0.05, 0) is 46.7 Å². The Hall–Kier alpha value is -1.40. The Kier molecular flexibility index (Phi) is 6.59. The maximum atomic E-state index is 12.9. The lowest BCUT2D eigenvalue weighted by Gasteiger charge is -2.29. The Morgan fingerprint density at radius 2 is 2.09 bits per heavy atom. The van der Waals surface area contributed by atoms with Gasteiger partial charge in [0.05, 0.1) is 12.3 Å². The molecule has 1 aliphatic rings. The summed E-state index contributed by atoms with van der Waals surface area (Å²) < 4.78 is 7.22. The summed E-state index contributed by atoms with van der Waals surface area (Å²) in [7, 11) is 1.68. The Balaban J connectivity index is 2.14. The molecular formula is C17H30N4O2. The fraction of sp³-hybridized carbons (Fsp3) is 0.765. The molecule has 0 atom stereocenters. The molecule has 130 valence electrons. The van der Waals surface area contributed by atoms with Gasteiger partial charge in [0.1, 0.15) is 0 Å². The van der Waals surface area contributed by atoms with E-state index in [0.717, 1.165) is 43.9 Å². The van der Waals surface area contributed by atoms with Crippen molar-refractivity contribution in [1.82, 2.24) is 20.0 Å². The smallest absolute Gasteiger partial charge is 0.226 e. The molecule has 1 saturated heterocycles. The molecule has 0 bridgehead atoms. The third kappa shape index (κ3) is 4.32. The summed E-state index contributed by atoms with van der Waals surface area (Å²) in [5.74, 6) is 0.390. The van der Waals surface area contributed by atoms with Crippen LogP contribution in [-0.4, -0.2) is 53.9 Å². The number of piperidine rings is 1. The summed E-state index contributed by atoms with van der Waals surface area (Å²) in [6, 6.07) is 0. The number of amides is 1. The van der Waals surface area contributed by atoms with Crippen molar-refractivity contribution in [2.24, 2.45) is 5.92 Å². The van der Waals surface area contributed by atoms with E-state index in [9.17, 15) is 4.79 Å². The monoisotopic (exact) mass is 322 g/mol. The van der Waals surface area contributed by atoms with Crippen molar-refractivity contribution in [3.63, 3.8) is 0 Å². The topological polar surface area (TPSA) is 59.4 Å². The van der Waals surface area contributed by atoms with Gasteiger partial charge in [0.15, 0.2) is 0 Å². The normalized spacial score (nSPS) is 15.8. The van der Waals surface area contributed by atoms with Crippen LogP contribution in [0.25, 0.3) is 0 Å². The van der Waals surface area contributed by atoms with E-state index >= 15 is 0 Å². The standard InChI is InChI=1S/C17H30N4O2/c1-5-21-14(3)16(13(2)19-21)12-20(10-11-23-4)17(22)15-6-8-18-9-7-15/h15,18H,5-12H2,1-4H3. The van der Waals surface area contributed by atoms with Crippen LogP contribution in [0.1, 0.15) is 36.7 Å². The number of nitrogens with zero attached hydrogens (tertiary/aromatic N) is 3. The number of hydrogen-bond acceptors (Lipinski definition) is 4. The first-order valence-electron chi connectivity index (χ1n) is 8.59. The van der Waals surface area contributed by atoms with E-state index in [4.69, 9.17) is 4.74 Å². The zero-order valence-electron chi connectivity index (χ0n) is 14.9. The Morgan fingerprint density at radius 3 is 2.65 bits per heavy atom. The molecule has 2 heterocycles. The van der Waals surface area contributed by atoms with Gasteiger partial charge in [-0.1, -0.05) is 0 Å². The summed E-state index contributed by atoms with van der Waals surface area (Å²) in [5.41, 5.74) is 3.35. The summed E-state index contributed by atoms with van der Waals surface area (Å²) in [4.78, 5) is 14.9. The lowest BCUT2D eigenvalue weighted by atomic mass is 9.96. The highest BCUT2D eigenvalue weighted by Crippen LogP contribution is 2.20. The maximum absolute atomic E-state index is 12.9. The molecule has 1 aromatic heterocycles. The van der Waals surface area contributed by atoms with Gasteiger partial charge in [0.25, 0.3) is 0 Å². The maximum Gasteiger partial charge on any atom is 0.226 e. The minimum Gasteiger partial charge on any atom is -0.383 e. The van der Waals surface area contributed by atoms with Crippen molar-refractivity contribution in [2.75, 3.05) is 33.4 Å². The second-order valence-electron chi connectivity index (χ2n) is 6.24. The fourth-order valence-corrected chi connectivity index (χ4v) is 3.26. The van der Waals surface area contributed by atoms with Crippen LogP contribution in [0.3, 0.4) is 0 Å². The number of carbonyl (C=O) groups excluding carboxylic acids is 1. The third-order valence-corrected chi connectivity index (χ3v) is 4.75. The van der Waals surface area contributed by atoms with Gasteiger partial charge in [-0.3, -0.25) is 9.48 Å². The number of aryl methyl sites for hydroxylation is 2. The van der Waals surface area contributed by atoms with E-state index in [-0.39, 0.29) is 11.8 Å². The first kappa shape index (κ1) is 17.9. The molecule has 1 N–H and O–H groups in total. The van der Waals surface area contributed by atoms with Gasteiger partial charge in [-0.25, -0.2) is 0 Å². The molecule has 23 heavy (non-hydrogen) atoms. The van der Waals surface area contributed by atoms with E-state index in [0.29, 0.717) is 19.7 Å². The van der Waals surface area contributed by atoms with Crippen LogP contribution >= 0.6 is 0 Å². The second kappa shape index (κ2) is 8.45. The van der Waals surface area contributed by atoms with Gasteiger partial charge >= 0.3 is 0 Å². The number of rotatable bonds is 7. The molecule has 0 spiro atoms. The average molecular weight is 322 g/mol. The Labute approximate surface area is 139 Å². The number of hydrogen-bond donors (Lipinski definition) is 1. The molecule has 1 fully saturated rings. The van der Waals surface area contributed by atoms with E-state index in [1.54, 1.807) is 7.11 Å². The van der Waals surface area contributed by atoms with Crippen molar-refractivity contribution in [1.29, 1.82) is 0 Å². The third-order valence-electron chi connectivity index (χ3n) is 4.75. The second-order valence-corrected chi connectivity index (χ2v) is 6.24. The zero-order chi connectivity index (χ0) is 16.8. The molecule has 0 saturated carbocycles. The van der Waals surface area contributed by atoms with E-state index in [1.807, 2.05) is 16.5 Å². The van der Waals surface area contributed by atoms with Crippen molar-refractivity contribution in [2.45, 2.75) is 46.7 Å². The van der Waals surface area contributed by atoms with Crippen LogP contribution in [-0.2, 0) is 22.6 Å². The SMILES string of the molecule is CCn1nc(C)c(CN(CCOC)C(=O)C2CCNCC2)c1C. The minimum atomic E-state index is 0.134. The largest absolute Gasteiger partial charge is 0.383 e.